The van der Waals surface area contributed by atoms with Gasteiger partial charge >= 0.3 is 0 Å². The highest BCUT2D eigenvalue weighted by molar-refractivity contribution is 5.28. The zero-order chi connectivity index (χ0) is 15.2. The molecule has 1 aromatic heterocycles. The Balaban J connectivity index is 1.80. The summed E-state index contributed by atoms with van der Waals surface area (Å²) in [5.41, 5.74) is 10.4. The number of benzene rings is 1. The highest BCUT2D eigenvalue weighted by atomic mass is 15.3. The van der Waals surface area contributed by atoms with Crippen molar-refractivity contribution in [2.75, 3.05) is 11.9 Å². The van der Waals surface area contributed by atoms with E-state index in [1.54, 1.807) is 0 Å². The molecule has 0 saturated carbocycles. The molecule has 1 heterocycles. The lowest BCUT2D eigenvalue weighted by atomic mass is 10.1. The Morgan fingerprint density at radius 1 is 1.10 bits per heavy atom. The molecule has 21 heavy (non-hydrogen) atoms. The van der Waals surface area contributed by atoms with E-state index >= 15 is 0 Å². The normalized spacial score (nSPS) is 12.2. The average molecular weight is 285 g/mol. The first-order valence-corrected chi connectivity index (χ1v) is 7.16. The molecule has 0 aliphatic carbocycles. The number of aryl methyl sites for hydroxylation is 3. The van der Waals surface area contributed by atoms with E-state index < -0.39 is 0 Å². The van der Waals surface area contributed by atoms with Gasteiger partial charge in [0.25, 0.3) is 0 Å². The number of rotatable bonds is 6. The Morgan fingerprint density at radius 3 is 2.48 bits per heavy atom. The molecule has 0 aliphatic rings. The maximum atomic E-state index is 6.00. The van der Waals surface area contributed by atoms with Crippen molar-refractivity contribution in [2.24, 2.45) is 5.73 Å². The molecule has 0 radical (unpaired) electrons. The minimum Gasteiger partial charge on any atom is -0.326 e. The molecule has 1 unspecified atom stereocenters. The minimum absolute atomic E-state index is 0.365. The summed E-state index contributed by atoms with van der Waals surface area (Å²) in [6, 6.07) is 10.4. The van der Waals surface area contributed by atoms with Crippen molar-refractivity contribution in [2.45, 2.75) is 33.5 Å². The van der Waals surface area contributed by atoms with Crippen LogP contribution in [0.1, 0.15) is 22.5 Å². The summed E-state index contributed by atoms with van der Waals surface area (Å²) in [5, 5.41) is 6.29. The quantitative estimate of drug-likeness (QED) is 0.707. The third kappa shape index (κ3) is 5.13. The molecule has 0 amide bonds. The van der Waals surface area contributed by atoms with Crippen LogP contribution in [0.2, 0.25) is 0 Å². The predicted molar refractivity (Wildman–Crippen MR) is 86.0 cm³/mol. The number of nitrogens with one attached hydrogen (secondary N) is 2. The van der Waals surface area contributed by atoms with Crippen LogP contribution in [0.25, 0.3) is 0 Å². The summed E-state index contributed by atoms with van der Waals surface area (Å²) < 4.78 is 0. The Hall–Kier alpha value is -1.98. The molecule has 0 fully saturated rings. The Labute approximate surface area is 126 Å². The van der Waals surface area contributed by atoms with E-state index in [9.17, 15) is 0 Å². The third-order valence-corrected chi connectivity index (χ3v) is 3.13. The molecule has 0 saturated heterocycles. The summed E-state index contributed by atoms with van der Waals surface area (Å²) in [6.45, 7) is 6.77. The van der Waals surface area contributed by atoms with Crippen molar-refractivity contribution < 1.29 is 0 Å². The van der Waals surface area contributed by atoms with Gasteiger partial charge in [-0.1, -0.05) is 29.8 Å². The van der Waals surface area contributed by atoms with Gasteiger partial charge in [0, 0.05) is 17.9 Å². The molecular formula is C16H23N5. The van der Waals surface area contributed by atoms with Crippen LogP contribution in [-0.2, 0) is 6.42 Å². The van der Waals surface area contributed by atoms with Crippen LogP contribution in [0, 0.1) is 20.8 Å². The first kappa shape index (κ1) is 15.4. The number of nitrogens with two attached hydrogens (primary N) is 1. The largest absolute Gasteiger partial charge is 0.326 e. The molecule has 2 aromatic rings. The second-order valence-corrected chi connectivity index (χ2v) is 5.29. The maximum absolute atomic E-state index is 6.00. The lowest BCUT2D eigenvalue weighted by Gasteiger charge is -2.16. The summed E-state index contributed by atoms with van der Waals surface area (Å²) in [7, 11) is 0. The topological polar surface area (TPSA) is 75.9 Å². The van der Waals surface area contributed by atoms with E-state index in [2.05, 4.69) is 51.8 Å². The summed E-state index contributed by atoms with van der Waals surface area (Å²) in [4.78, 5) is 8.62. The SMILES string of the molecule is Cc1cccc(CCNC(N)Nc2nc(C)cc(C)n2)c1. The van der Waals surface area contributed by atoms with E-state index in [1.165, 1.54) is 11.1 Å². The number of nitrogens with zero attached hydrogens (tertiary/aromatic N) is 2. The fourth-order valence-corrected chi connectivity index (χ4v) is 2.22. The second-order valence-electron chi connectivity index (χ2n) is 5.29. The van der Waals surface area contributed by atoms with Crippen molar-refractivity contribution in [1.29, 1.82) is 0 Å². The third-order valence-electron chi connectivity index (χ3n) is 3.13. The van der Waals surface area contributed by atoms with Crippen molar-refractivity contribution in [3.8, 4) is 0 Å². The second kappa shape index (κ2) is 7.15. The minimum atomic E-state index is -0.365. The number of aromatic nitrogens is 2. The average Bonchev–Trinajstić information content (AvgIpc) is 2.37. The maximum Gasteiger partial charge on any atom is 0.225 e. The van der Waals surface area contributed by atoms with Crippen LogP contribution in [0.3, 0.4) is 0 Å². The van der Waals surface area contributed by atoms with Gasteiger partial charge in [0.05, 0.1) is 0 Å². The lowest BCUT2D eigenvalue weighted by molar-refractivity contribution is 0.576. The van der Waals surface area contributed by atoms with Gasteiger partial charge in [-0.3, -0.25) is 11.1 Å². The zero-order valence-electron chi connectivity index (χ0n) is 12.9. The van der Waals surface area contributed by atoms with Gasteiger partial charge < -0.3 is 5.32 Å². The first-order valence-electron chi connectivity index (χ1n) is 7.16. The van der Waals surface area contributed by atoms with Gasteiger partial charge in [0.1, 0.15) is 6.29 Å². The van der Waals surface area contributed by atoms with Crippen molar-refractivity contribution in [1.82, 2.24) is 15.3 Å². The molecule has 5 heteroatoms. The van der Waals surface area contributed by atoms with Crippen LogP contribution < -0.4 is 16.4 Å². The Bertz CT molecular complexity index is 577. The van der Waals surface area contributed by atoms with Gasteiger partial charge in [-0.05, 0) is 38.8 Å². The number of hydrogen-bond acceptors (Lipinski definition) is 5. The monoisotopic (exact) mass is 285 g/mol. The molecular weight excluding hydrogens is 262 g/mol. The highest BCUT2D eigenvalue weighted by Gasteiger charge is 2.05. The fraction of sp³-hybridized carbons (Fsp3) is 0.375. The van der Waals surface area contributed by atoms with Crippen molar-refractivity contribution in [3.05, 3.63) is 52.8 Å². The molecule has 4 N–H and O–H groups in total. The van der Waals surface area contributed by atoms with Gasteiger partial charge in [-0.2, -0.15) is 0 Å². The Kier molecular flexibility index (Phi) is 5.25. The molecule has 0 bridgehead atoms. The van der Waals surface area contributed by atoms with Crippen LogP contribution in [0.15, 0.2) is 30.3 Å². The van der Waals surface area contributed by atoms with Gasteiger partial charge in [-0.25, -0.2) is 9.97 Å². The van der Waals surface area contributed by atoms with E-state index in [0.29, 0.717) is 5.95 Å². The van der Waals surface area contributed by atoms with Crippen LogP contribution >= 0.6 is 0 Å². The molecule has 0 aliphatic heterocycles. The van der Waals surface area contributed by atoms with Crippen molar-refractivity contribution in [3.63, 3.8) is 0 Å². The summed E-state index contributed by atoms with van der Waals surface area (Å²) in [6.07, 6.45) is 0.570. The molecule has 1 atom stereocenters. The number of hydrogen-bond donors (Lipinski definition) is 3. The van der Waals surface area contributed by atoms with Crippen LogP contribution in [0.5, 0.6) is 0 Å². The Morgan fingerprint density at radius 2 is 1.81 bits per heavy atom. The van der Waals surface area contributed by atoms with Crippen molar-refractivity contribution >= 4 is 5.95 Å². The molecule has 1 aromatic carbocycles. The van der Waals surface area contributed by atoms with Crippen LogP contribution in [-0.4, -0.2) is 22.8 Å². The number of anilines is 1. The lowest BCUT2D eigenvalue weighted by Crippen LogP contribution is -2.45. The predicted octanol–water partition coefficient (Wildman–Crippen LogP) is 1.89. The van der Waals surface area contributed by atoms with E-state index in [1.807, 2.05) is 19.9 Å². The first-order chi connectivity index (χ1) is 10.0. The standard InChI is InChI=1S/C16H23N5/c1-11-5-4-6-14(9-11)7-8-18-15(17)21-16-19-12(2)10-13(3)20-16/h4-6,9-10,15,18H,7-8,17H2,1-3H3,(H,19,20,21). The summed E-state index contributed by atoms with van der Waals surface area (Å²) in [5.74, 6) is 0.558. The van der Waals surface area contributed by atoms with Crippen LogP contribution in [0.4, 0.5) is 5.95 Å². The zero-order valence-corrected chi connectivity index (χ0v) is 12.9. The molecule has 2 rings (SSSR count). The van der Waals surface area contributed by atoms with Gasteiger partial charge in [0.2, 0.25) is 5.95 Å². The molecule has 112 valence electrons. The smallest absolute Gasteiger partial charge is 0.225 e. The van der Waals surface area contributed by atoms with Gasteiger partial charge in [0.15, 0.2) is 0 Å². The molecule has 0 spiro atoms. The van der Waals surface area contributed by atoms with E-state index in [4.69, 9.17) is 5.73 Å². The highest BCUT2D eigenvalue weighted by Crippen LogP contribution is 2.05. The fourth-order valence-electron chi connectivity index (χ4n) is 2.22. The molecule has 5 nitrogen and oxygen atoms in total. The van der Waals surface area contributed by atoms with Gasteiger partial charge in [-0.15, -0.1) is 0 Å². The summed E-state index contributed by atoms with van der Waals surface area (Å²) >= 11 is 0. The van der Waals surface area contributed by atoms with E-state index in [-0.39, 0.29) is 6.29 Å². The van der Waals surface area contributed by atoms with E-state index in [0.717, 1.165) is 24.4 Å².